The Morgan fingerprint density at radius 1 is 1.19 bits per heavy atom. The largest absolute Gasteiger partial charge is 0.388 e. The van der Waals surface area contributed by atoms with Crippen LogP contribution in [0, 0.1) is 5.82 Å². The van der Waals surface area contributed by atoms with Crippen LogP contribution >= 0.6 is 0 Å². The Kier molecular flexibility index (Phi) is 6.38. The lowest BCUT2D eigenvalue weighted by atomic mass is 10.0. The van der Waals surface area contributed by atoms with Gasteiger partial charge in [0.1, 0.15) is 24.1 Å². The molecule has 1 aromatic rings. The van der Waals surface area contributed by atoms with Gasteiger partial charge < -0.3 is 29.9 Å². The van der Waals surface area contributed by atoms with Crippen molar-refractivity contribution in [2.45, 2.75) is 30.8 Å². The third-order valence-corrected chi connectivity index (χ3v) is 4.75. The van der Waals surface area contributed by atoms with Crippen LogP contribution in [0.1, 0.15) is 16.8 Å². The number of amides is 2. The Hall–Kier alpha value is -2.07. The van der Waals surface area contributed by atoms with Crippen molar-refractivity contribution in [3.63, 3.8) is 0 Å². The zero-order chi connectivity index (χ0) is 19.4. The van der Waals surface area contributed by atoms with Gasteiger partial charge >= 0.3 is 0 Å². The third kappa shape index (κ3) is 4.81. The summed E-state index contributed by atoms with van der Waals surface area (Å²) in [4.78, 5) is 26.0. The molecule has 4 atom stereocenters. The second kappa shape index (κ2) is 8.75. The van der Waals surface area contributed by atoms with Crippen molar-refractivity contribution in [2.75, 3.05) is 32.8 Å². The first-order valence-electron chi connectivity index (χ1n) is 8.86. The van der Waals surface area contributed by atoms with Gasteiger partial charge in [-0.1, -0.05) is 6.07 Å². The lowest BCUT2D eigenvalue weighted by molar-refractivity contribution is -0.139. The minimum atomic E-state index is -1.24. The van der Waals surface area contributed by atoms with Crippen LogP contribution in [0.4, 0.5) is 4.39 Å². The third-order valence-electron chi connectivity index (χ3n) is 4.75. The number of halogens is 1. The number of rotatable bonds is 5. The topological polar surface area (TPSA) is 108 Å². The lowest BCUT2D eigenvalue weighted by Crippen LogP contribution is -2.43. The first kappa shape index (κ1) is 19.7. The SMILES string of the molecule is O=C(NC[C@@H]1O[C@@H](CC(=O)N2CCOCC2)[C@H](O)[C@@H]1O)c1cccc(F)c1. The molecule has 148 valence electrons. The zero-order valence-corrected chi connectivity index (χ0v) is 14.7. The van der Waals surface area contributed by atoms with E-state index in [0.717, 1.165) is 6.07 Å². The Balaban J connectivity index is 1.51. The molecule has 27 heavy (non-hydrogen) atoms. The number of carbonyl (C=O) groups is 2. The fraction of sp³-hybridized carbons (Fsp3) is 0.556. The summed E-state index contributed by atoms with van der Waals surface area (Å²) in [5.74, 6) is -1.23. The summed E-state index contributed by atoms with van der Waals surface area (Å²) in [6, 6.07) is 5.21. The van der Waals surface area contributed by atoms with Gasteiger partial charge in [-0.05, 0) is 18.2 Å². The summed E-state index contributed by atoms with van der Waals surface area (Å²) in [6.07, 6.45) is -4.25. The summed E-state index contributed by atoms with van der Waals surface area (Å²) in [6.45, 7) is 1.83. The molecule has 0 unspecified atom stereocenters. The number of hydrogen-bond donors (Lipinski definition) is 3. The van der Waals surface area contributed by atoms with Gasteiger partial charge in [-0.25, -0.2) is 4.39 Å². The maximum absolute atomic E-state index is 13.2. The van der Waals surface area contributed by atoms with Crippen LogP contribution in [0.25, 0.3) is 0 Å². The average molecular weight is 382 g/mol. The number of aliphatic hydroxyl groups excluding tert-OH is 2. The molecule has 0 radical (unpaired) electrons. The van der Waals surface area contributed by atoms with Crippen molar-refractivity contribution in [1.82, 2.24) is 10.2 Å². The van der Waals surface area contributed by atoms with Gasteiger partial charge in [0.05, 0.1) is 25.7 Å². The minimum Gasteiger partial charge on any atom is -0.388 e. The summed E-state index contributed by atoms with van der Waals surface area (Å²) >= 11 is 0. The monoisotopic (exact) mass is 382 g/mol. The standard InChI is InChI=1S/C18H23FN2O6/c19-12-3-1-2-11(8-12)18(25)20-10-14-17(24)16(23)13(27-14)9-15(22)21-4-6-26-7-5-21/h1-3,8,13-14,16-17,23-24H,4-7,9-10H2,(H,20,25)/t13-,14-,16-,17+/m0/s1. The molecule has 2 saturated heterocycles. The molecule has 2 fully saturated rings. The first-order chi connectivity index (χ1) is 13.0. The van der Waals surface area contributed by atoms with Crippen LogP contribution in [0.15, 0.2) is 24.3 Å². The first-order valence-corrected chi connectivity index (χ1v) is 8.86. The smallest absolute Gasteiger partial charge is 0.251 e. The molecule has 0 spiro atoms. The van der Waals surface area contributed by atoms with E-state index in [4.69, 9.17) is 9.47 Å². The molecule has 0 aromatic heterocycles. The Morgan fingerprint density at radius 2 is 1.89 bits per heavy atom. The molecule has 2 aliphatic heterocycles. The van der Waals surface area contributed by atoms with Gasteiger partial charge in [0.15, 0.2) is 0 Å². The lowest BCUT2D eigenvalue weighted by Gasteiger charge is -2.28. The van der Waals surface area contributed by atoms with E-state index in [1.165, 1.54) is 18.2 Å². The quantitative estimate of drug-likeness (QED) is 0.621. The fourth-order valence-electron chi connectivity index (χ4n) is 3.20. The van der Waals surface area contributed by atoms with Crippen molar-refractivity contribution < 1.29 is 33.7 Å². The number of benzene rings is 1. The molecular formula is C18H23FN2O6. The highest BCUT2D eigenvalue weighted by atomic mass is 19.1. The highest BCUT2D eigenvalue weighted by Crippen LogP contribution is 2.24. The Labute approximate surface area is 155 Å². The molecule has 9 heteroatoms. The maximum atomic E-state index is 13.2. The van der Waals surface area contributed by atoms with Crippen LogP contribution in [0.3, 0.4) is 0 Å². The van der Waals surface area contributed by atoms with Gasteiger partial charge in [-0.15, -0.1) is 0 Å². The number of aliphatic hydroxyl groups is 2. The van der Waals surface area contributed by atoms with Crippen LogP contribution in [0.5, 0.6) is 0 Å². The predicted molar refractivity (Wildman–Crippen MR) is 91.4 cm³/mol. The number of carbonyl (C=O) groups excluding carboxylic acids is 2. The molecule has 8 nitrogen and oxygen atoms in total. The molecule has 0 aliphatic carbocycles. The fourth-order valence-corrected chi connectivity index (χ4v) is 3.20. The minimum absolute atomic E-state index is 0.0629. The molecule has 2 amide bonds. The van der Waals surface area contributed by atoms with Crippen molar-refractivity contribution in [3.05, 3.63) is 35.6 Å². The van der Waals surface area contributed by atoms with Gasteiger partial charge in [0.25, 0.3) is 5.91 Å². The number of ether oxygens (including phenoxy) is 2. The predicted octanol–water partition coefficient (Wildman–Crippen LogP) is -0.706. The van der Waals surface area contributed by atoms with E-state index in [-0.39, 0.29) is 24.4 Å². The second-order valence-corrected chi connectivity index (χ2v) is 6.61. The van der Waals surface area contributed by atoms with E-state index in [1.807, 2.05) is 0 Å². The van der Waals surface area contributed by atoms with E-state index in [9.17, 15) is 24.2 Å². The van der Waals surface area contributed by atoms with E-state index in [2.05, 4.69) is 5.32 Å². The van der Waals surface area contributed by atoms with Gasteiger partial charge in [-0.2, -0.15) is 0 Å². The number of nitrogens with one attached hydrogen (secondary N) is 1. The van der Waals surface area contributed by atoms with E-state index < -0.39 is 36.1 Å². The molecule has 1 aromatic carbocycles. The Bertz CT molecular complexity index is 682. The highest BCUT2D eigenvalue weighted by molar-refractivity contribution is 5.94. The zero-order valence-electron chi connectivity index (χ0n) is 14.7. The van der Waals surface area contributed by atoms with Crippen molar-refractivity contribution in [1.29, 1.82) is 0 Å². The molecule has 2 heterocycles. The van der Waals surface area contributed by atoms with Gasteiger partial charge in [0.2, 0.25) is 5.91 Å². The maximum Gasteiger partial charge on any atom is 0.251 e. The molecule has 3 N–H and O–H groups in total. The van der Waals surface area contributed by atoms with Crippen LogP contribution in [-0.4, -0.2) is 84.2 Å². The average Bonchev–Trinajstić information content (AvgIpc) is 2.94. The molecule has 0 saturated carbocycles. The summed E-state index contributed by atoms with van der Waals surface area (Å²) in [7, 11) is 0. The summed E-state index contributed by atoms with van der Waals surface area (Å²) in [5, 5.41) is 22.9. The molecule has 2 aliphatic rings. The van der Waals surface area contributed by atoms with E-state index >= 15 is 0 Å². The molecular weight excluding hydrogens is 359 g/mol. The van der Waals surface area contributed by atoms with Gasteiger partial charge in [0, 0.05) is 25.2 Å². The van der Waals surface area contributed by atoms with Crippen LogP contribution in [0.2, 0.25) is 0 Å². The van der Waals surface area contributed by atoms with Crippen molar-refractivity contribution in [3.8, 4) is 0 Å². The highest BCUT2D eigenvalue weighted by Gasteiger charge is 2.43. The second-order valence-electron chi connectivity index (χ2n) is 6.61. The van der Waals surface area contributed by atoms with Crippen LogP contribution < -0.4 is 5.32 Å². The molecule has 0 bridgehead atoms. The van der Waals surface area contributed by atoms with Crippen LogP contribution in [-0.2, 0) is 14.3 Å². The summed E-state index contributed by atoms with van der Waals surface area (Å²) in [5.41, 5.74) is 0.141. The van der Waals surface area contributed by atoms with E-state index in [0.29, 0.717) is 26.3 Å². The van der Waals surface area contributed by atoms with Crippen molar-refractivity contribution in [2.24, 2.45) is 0 Å². The van der Waals surface area contributed by atoms with E-state index in [1.54, 1.807) is 4.90 Å². The van der Waals surface area contributed by atoms with Gasteiger partial charge in [-0.3, -0.25) is 9.59 Å². The normalized spacial score (nSPS) is 28.2. The Morgan fingerprint density at radius 3 is 2.59 bits per heavy atom. The molecule has 3 rings (SSSR count). The number of nitrogens with zero attached hydrogens (tertiary/aromatic N) is 1. The number of morpholine rings is 1. The number of hydrogen-bond acceptors (Lipinski definition) is 6. The van der Waals surface area contributed by atoms with Crippen molar-refractivity contribution >= 4 is 11.8 Å². The summed E-state index contributed by atoms with van der Waals surface area (Å²) < 4.78 is 24.0.